The fourth-order valence-corrected chi connectivity index (χ4v) is 3.86. The lowest BCUT2D eigenvalue weighted by molar-refractivity contribution is 0.161. The van der Waals surface area contributed by atoms with Gasteiger partial charge < -0.3 is 9.64 Å². The van der Waals surface area contributed by atoms with Crippen molar-refractivity contribution in [3.8, 4) is 16.9 Å². The van der Waals surface area contributed by atoms with E-state index in [-0.39, 0.29) is 0 Å². The summed E-state index contributed by atoms with van der Waals surface area (Å²) in [7, 11) is 1.76. The molecule has 6 nitrogen and oxygen atoms in total. The zero-order chi connectivity index (χ0) is 18.8. The van der Waals surface area contributed by atoms with E-state index >= 15 is 0 Å². The first-order valence-corrected chi connectivity index (χ1v) is 9.36. The number of aryl methyl sites for hydroxylation is 1. The van der Waals surface area contributed by atoms with Gasteiger partial charge >= 0.3 is 0 Å². The summed E-state index contributed by atoms with van der Waals surface area (Å²) in [5.41, 5.74) is 5.12. The number of methoxy groups -OCH3 is 1. The summed E-state index contributed by atoms with van der Waals surface area (Å²) in [6.45, 7) is 6.83. The molecule has 0 spiro atoms. The number of rotatable bonds is 5. The van der Waals surface area contributed by atoms with Crippen LogP contribution in [0.1, 0.15) is 17.8 Å². The van der Waals surface area contributed by atoms with Crippen molar-refractivity contribution in [3.05, 3.63) is 54.0 Å². The minimum atomic E-state index is 0.548. The van der Waals surface area contributed by atoms with Crippen molar-refractivity contribution in [2.24, 2.45) is 5.92 Å². The van der Waals surface area contributed by atoms with E-state index in [2.05, 4.69) is 28.9 Å². The molecule has 1 aliphatic heterocycles. The lowest BCUT2D eigenvalue weighted by Gasteiger charge is -2.17. The van der Waals surface area contributed by atoms with Gasteiger partial charge in [-0.05, 0) is 38.5 Å². The highest BCUT2D eigenvalue weighted by Gasteiger charge is 2.25. The highest BCUT2D eigenvalue weighted by Crippen LogP contribution is 2.29. The van der Waals surface area contributed by atoms with E-state index in [1.165, 1.54) is 0 Å². The molecule has 2 aromatic heterocycles. The number of para-hydroxylation sites is 1. The summed E-state index contributed by atoms with van der Waals surface area (Å²) in [6, 6.07) is 12.2. The largest absolute Gasteiger partial charge is 0.384 e. The lowest BCUT2D eigenvalue weighted by atomic mass is 10.1. The summed E-state index contributed by atoms with van der Waals surface area (Å²) >= 11 is 0. The summed E-state index contributed by atoms with van der Waals surface area (Å²) in [4.78, 5) is 11.6. The predicted molar refractivity (Wildman–Crippen MR) is 106 cm³/mol. The molecule has 1 atom stereocenters. The maximum absolute atomic E-state index is 5.30. The topological polar surface area (TPSA) is 56.1 Å². The number of hydrogen-bond acceptors (Lipinski definition) is 5. The minimum Gasteiger partial charge on any atom is -0.384 e. The standard InChI is InChI=1S/C21H25N5O/c1-15-20(16(2)26(24-15)18-7-5-4-6-8-18)19-9-11-22-21(23-19)25-12-10-17(13-25)14-27-3/h4-9,11,17H,10,12-14H2,1-3H3/t17-/m0/s1. The smallest absolute Gasteiger partial charge is 0.225 e. The van der Waals surface area contributed by atoms with Crippen molar-refractivity contribution in [1.29, 1.82) is 0 Å². The maximum atomic E-state index is 5.30. The molecule has 0 radical (unpaired) electrons. The second kappa shape index (κ2) is 7.48. The zero-order valence-electron chi connectivity index (χ0n) is 16.1. The third-order valence-corrected chi connectivity index (χ3v) is 5.16. The molecule has 27 heavy (non-hydrogen) atoms. The van der Waals surface area contributed by atoms with E-state index in [1.807, 2.05) is 42.1 Å². The molecule has 3 aromatic rings. The van der Waals surface area contributed by atoms with Gasteiger partial charge in [-0.1, -0.05) is 18.2 Å². The van der Waals surface area contributed by atoms with Crippen molar-refractivity contribution in [2.45, 2.75) is 20.3 Å². The predicted octanol–water partition coefficient (Wildman–Crippen LogP) is 3.42. The molecule has 140 valence electrons. The van der Waals surface area contributed by atoms with E-state index < -0.39 is 0 Å². The monoisotopic (exact) mass is 363 g/mol. The van der Waals surface area contributed by atoms with Gasteiger partial charge in [0.05, 0.1) is 29.4 Å². The van der Waals surface area contributed by atoms with E-state index in [0.29, 0.717) is 5.92 Å². The Bertz CT molecular complexity index is 922. The van der Waals surface area contributed by atoms with Crippen LogP contribution in [0.3, 0.4) is 0 Å². The van der Waals surface area contributed by atoms with Gasteiger partial charge in [0.25, 0.3) is 0 Å². The van der Waals surface area contributed by atoms with Crippen LogP contribution in [0.15, 0.2) is 42.6 Å². The van der Waals surface area contributed by atoms with E-state index in [0.717, 1.165) is 60.4 Å². The van der Waals surface area contributed by atoms with Crippen molar-refractivity contribution < 1.29 is 4.74 Å². The number of nitrogens with zero attached hydrogens (tertiary/aromatic N) is 5. The summed E-state index contributed by atoms with van der Waals surface area (Å²) in [6.07, 6.45) is 2.96. The number of benzene rings is 1. The molecule has 4 rings (SSSR count). The third-order valence-electron chi connectivity index (χ3n) is 5.16. The Balaban J connectivity index is 1.66. The second-order valence-corrected chi connectivity index (χ2v) is 7.09. The molecule has 3 heterocycles. The molecule has 1 aliphatic rings. The molecule has 1 aromatic carbocycles. The van der Waals surface area contributed by atoms with Crippen molar-refractivity contribution in [1.82, 2.24) is 19.7 Å². The number of aromatic nitrogens is 4. The van der Waals surface area contributed by atoms with Gasteiger partial charge in [-0.3, -0.25) is 0 Å². The summed E-state index contributed by atoms with van der Waals surface area (Å²) in [5.74, 6) is 1.34. The molecule has 1 fully saturated rings. The molecule has 0 amide bonds. The number of anilines is 1. The normalized spacial score (nSPS) is 16.9. The second-order valence-electron chi connectivity index (χ2n) is 7.09. The van der Waals surface area contributed by atoms with Crippen LogP contribution >= 0.6 is 0 Å². The van der Waals surface area contributed by atoms with Gasteiger partial charge in [-0.15, -0.1) is 0 Å². The number of ether oxygens (including phenoxy) is 1. The first kappa shape index (κ1) is 17.7. The minimum absolute atomic E-state index is 0.548. The fourth-order valence-electron chi connectivity index (χ4n) is 3.86. The Morgan fingerprint density at radius 3 is 2.74 bits per heavy atom. The molecule has 1 saturated heterocycles. The Morgan fingerprint density at radius 1 is 1.15 bits per heavy atom. The zero-order valence-corrected chi connectivity index (χ0v) is 16.1. The molecule has 0 unspecified atom stereocenters. The van der Waals surface area contributed by atoms with Gasteiger partial charge in [0, 0.05) is 37.9 Å². The van der Waals surface area contributed by atoms with Crippen LogP contribution in [0.4, 0.5) is 5.95 Å². The molecule has 0 saturated carbocycles. The fraction of sp³-hybridized carbons (Fsp3) is 0.381. The van der Waals surface area contributed by atoms with Gasteiger partial charge in [-0.25, -0.2) is 14.6 Å². The molecular weight excluding hydrogens is 338 g/mol. The van der Waals surface area contributed by atoms with Crippen LogP contribution in [0, 0.1) is 19.8 Å². The average molecular weight is 363 g/mol. The summed E-state index contributed by atoms with van der Waals surface area (Å²) < 4.78 is 7.28. The van der Waals surface area contributed by atoms with Crippen LogP contribution in [-0.2, 0) is 4.74 Å². The van der Waals surface area contributed by atoms with Gasteiger partial charge in [0.2, 0.25) is 5.95 Å². The van der Waals surface area contributed by atoms with Crippen molar-refractivity contribution in [2.75, 3.05) is 31.7 Å². The number of hydrogen-bond donors (Lipinski definition) is 0. The maximum Gasteiger partial charge on any atom is 0.225 e. The molecule has 6 heteroatoms. The average Bonchev–Trinajstić information content (AvgIpc) is 3.27. The molecule has 0 aliphatic carbocycles. The Labute approximate surface area is 159 Å². The van der Waals surface area contributed by atoms with Crippen LogP contribution in [0.2, 0.25) is 0 Å². The molecular formula is C21H25N5O. The quantitative estimate of drug-likeness (QED) is 0.695. The highest BCUT2D eigenvalue weighted by molar-refractivity contribution is 5.66. The van der Waals surface area contributed by atoms with Crippen LogP contribution < -0.4 is 4.90 Å². The van der Waals surface area contributed by atoms with E-state index in [4.69, 9.17) is 14.8 Å². The lowest BCUT2D eigenvalue weighted by Crippen LogP contribution is -2.23. The van der Waals surface area contributed by atoms with Crippen LogP contribution in [0.5, 0.6) is 0 Å². The SMILES string of the molecule is COC[C@H]1CCN(c2nccc(-c3c(C)nn(-c4ccccc4)c3C)n2)C1. The first-order chi connectivity index (χ1) is 13.2. The Hall–Kier alpha value is -2.73. The van der Waals surface area contributed by atoms with Crippen molar-refractivity contribution in [3.63, 3.8) is 0 Å². The van der Waals surface area contributed by atoms with Crippen LogP contribution in [-0.4, -0.2) is 46.6 Å². The van der Waals surface area contributed by atoms with Crippen molar-refractivity contribution >= 4 is 5.95 Å². The van der Waals surface area contributed by atoms with Gasteiger partial charge in [-0.2, -0.15) is 5.10 Å². The third kappa shape index (κ3) is 3.45. The Kier molecular flexibility index (Phi) is 4.90. The summed E-state index contributed by atoms with van der Waals surface area (Å²) in [5, 5.41) is 4.75. The molecule has 0 bridgehead atoms. The van der Waals surface area contributed by atoms with Gasteiger partial charge in [0.1, 0.15) is 0 Å². The van der Waals surface area contributed by atoms with E-state index in [1.54, 1.807) is 7.11 Å². The first-order valence-electron chi connectivity index (χ1n) is 9.36. The van der Waals surface area contributed by atoms with E-state index in [9.17, 15) is 0 Å². The van der Waals surface area contributed by atoms with Crippen LogP contribution in [0.25, 0.3) is 16.9 Å². The Morgan fingerprint density at radius 2 is 1.96 bits per heavy atom. The van der Waals surface area contributed by atoms with Gasteiger partial charge in [0.15, 0.2) is 0 Å². The highest BCUT2D eigenvalue weighted by atomic mass is 16.5. The molecule has 0 N–H and O–H groups in total.